The van der Waals surface area contributed by atoms with Gasteiger partial charge in [0.15, 0.2) is 11.5 Å². The number of unbranched alkanes of at least 4 members (excludes halogenated alkanes) is 5. The molecule has 2 rings (SSSR count). The van der Waals surface area contributed by atoms with Crippen LogP contribution in [0.3, 0.4) is 0 Å². The Balaban J connectivity index is 1.73. The minimum atomic E-state index is -0.346. The van der Waals surface area contributed by atoms with Crippen molar-refractivity contribution >= 4 is 12.0 Å². The number of ether oxygens (including phenoxy) is 3. The number of aliphatic hydroxyl groups is 1. The minimum absolute atomic E-state index is 0.218. The van der Waals surface area contributed by atoms with Gasteiger partial charge in [-0.3, -0.25) is 0 Å². The number of aliphatic hydroxyl groups excluding tert-OH is 1. The number of methoxy groups -OCH3 is 1. The fourth-order valence-electron chi connectivity index (χ4n) is 4.44. The second-order valence-electron chi connectivity index (χ2n) is 9.24. The average molecular weight is 461 g/mol. The number of benzene rings is 1. The predicted molar refractivity (Wildman–Crippen MR) is 134 cm³/mol. The SMILES string of the molecule is CCCCC[C@H]1CC[C@H](COc2ccc(/C=C/C(=O)OCCCCCCO)cc2OC)CC1. The molecule has 33 heavy (non-hydrogen) atoms. The van der Waals surface area contributed by atoms with Crippen LogP contribution in [0.2, 0.25) is 0 Å². The van der Waals surface area contributed by atoms with Crippen LogP contribution in [0.5, 0.6) is 11.5 Å². The lowest BCUT2D eigenvalue weighted by atomic mass is 9.80. The third kappa shape index (κ3) is 11.1. The lowest BCUT2D eigenvalue weighted by molar-refractivity contribution is -0.137. The summed E-state index contributed by atoms with van der Waals surface area (Å²) in [7, 11) is 1.64. The van der Waals surface area contributed by atoms with Crippen molar-refractivity contribution in [3.05, 3.63) is 29.8 Å². The molecule has 1 aliphatic rings. The van der Waals surface area contributed by atoms with E-state index in [9.17, 15) is 4.79 Å². The molecule has 0 heterocycles. The van der Waals surface area contributed by atoms with E-state index in [4.69, 9.17) is 19.3 Å². The lowest BCUT2D eigenvalue weighted by Gasteiger charge is -2.28. The molecule has 1 saturated carbocycles. The van der Waals surface area contributed by atoms with Gasteiger partial charge in [-0.1, -0.05) is 57.9 Å². The van der Waals surface area contributed by atoms with Gasteiger partial charge in [0, 0.05) is 12.7 Å². The van der Waals surface area contributed by atoms with Gasteiger partial charge in [0.05, 0.1) is 20.3 Å². The quantitative estimate of drug-likeness (QED) is 0.172. The van der Waals surface area contributed by atoms with Gasteiger partial charge in [-0.15, -0.1) is 0 Å². The van der Waals surface area contributed by atoms with E-state index in [0.717, 1.165) is 49.5 Å². The molecule has 1 fully saturated rings. The molecule has 0 unspecified atom stereocenters. The molecule has 1 aliphatic carbocycles. The summed E-state index contributed by atoms with van der Waals surface area (Å²) in [5.74, 6) is 2.62. The van der Waals surface area contributed by atoms with Crippen LogP contribution in [0, 0.1) is 11.8 Å². The zero-order chi connectivity index (χ0) is 23.7. The molecule has 0 amide bonds. The minimum Gasteiger partial charge on any atom is -0.493 e. The Labute approximate surface area is 200 Å². The highest BCUT2D eigenvalue weighted by molar-refractivity contribution is 5.87. The standard InChI is InChI=1S/C28H44O5/c1-3-4-7-10-23-11-13-25(14-12-23)22-33-26-17-15-24(21-27(26)31-2)16-18-28(30)32-20-9-6-5-8-19-29/h15-18,21,23,25,29H,3-14,19-20,22H2,1-2H3/b18-16+/t23-,25-. The number of carbonyl (C=O) groups is 1. The van der Waals surface area contributed by atoms with Gasteiger partial charge in [0.2, 0.25) is 0 Å². The van der Waals surface area contributed by atoms with E-state index in [1.54, 1.807) is 13.2 Å². The first-order chi connectivity index (χ1) is 16.2. The van der Waals surface area contributed by atoms with Crippen molar-refractivity contribution in [2.45, 2.75) is 84.0 Å². The summed E-state index contributed by atoms with van der Waals surface area (Å²) in [5.41, 5.74) is 0.867. The number of esters is 1. The summed E-state index contributed by atoms with van der Waals surface area (Å²) in [5, 5.41) is 8.76. The van der Waals surface area contributed by atoms with Crippen molar-refractivity contribution < 1.29 is 24.1 Å². The summed E-state index contributed by atoms with van der Waals surface area (Å²) in [6, 6.07) is 5.74. The van der Waals surface area contributed by atoms with Gasteiger partial charge in [-0.05, 0) is 67.7 Å². The van der Waals surface area contributed by atoms with E-state index in [1.807, 2.05) is 18.2 Å². The summed E-state index contributed by atoms with van der Waals surface area (Å²) in [6.07, 6.45) is 17.3. The van der Waals surface area contributed by atoms with Gasteiger partial charge in [-0.2, -0.15) is 0 Å². The van der Waals surface area contributed by atoms with E-state index >= 15 is 0 Å². The highest BCUT2D eigenvalue weighted by atomic mass is 16.5. The van der Waals surface area contributed by atoms with Gasteiger partial charge < -0.3 is 19.3 Å². The maximum Gasteiger partial charge on any atom is 0.330 e. The maximum atomic E-state index is 11.9. The third-order valence-corrected chi connectivity index (χ3v) is 6.55. The van der Waals surface area contributed by atoms with Crippen LogP contribution in [0.1, 0.15) is 89.5 Å². The van der Waals surface area contributed by atoms with Gasteiger partial charge >= 0.3 is 5.97 Å². The van der Waals surface area contributed by atoms with Crippen molar-refractivity contribution in [3.8, 4) is 11.5 Å². The first-order valence-electron chi connectivity index (χ1n) is 12.9. The lowest BCUT2D eigenvalue weighted by Crippen LogP contribution is -2.20. The van der Waals surface area contributed by atoms with Crippen molar-refractivity contribution in [1.29, 1.82) is 0 Å². The van der Waals surface area contributed by atoms with E-state index in [-0.39, 0.29) is 12.6 Å². The Hall–Kier alpha value is -2.01. The van der Waals surface area contributed by atoms with E-state index in [1.165, 1.54) is 57.4 Å². The zero-order valence-corrected chi connectivity index (χ0v) is 20.7. The van der Waals surface area contributed by atoms with Gasteiger partial charge in [0.25, 0.3) is 0 Å². The molecule has 0 bridgehead atoms. The van der Waals surface area contributed by atoms with Crippen molar-refractivity contribution in [2.75, 3.05) is 26.9 Å². The van der Waals surface area contributed by atoms with Crippen LogP contribution in [0.4, 0.5) is 0 Å². The molecular weight excluding hydrogens is 416 g/mol. The van der Waals surface area contributed by atoms with Crippen molar-refractivity contribution in [2.24, 2.45) is 11.8 Å². The number of hydrogen-bond acceptors (Lipinski definition) is 5. The molecular formula is C28H44O5. The fourth-order valence-corrected chi connectivity index (χ4v) is 4.44. The molecule has 186 valence electrons. The molecule has 5 heteroatoms. The van der Waals surface area contributed by atoms with Crippen LogP contribution in [-0.2, 0) is 9.53 Å². The molecule has 0 spiro atoms. The fraction of sp³-hybridized carbons (Fsp3) is 0.679. The molecule has 0 radical (unpaired) electrons. The normalized spacial score (nSPS) is 18.4. The number of rotatable bonds is 16. The first kappa shape index (κ1) is 27.2. The number of hydrogen-bond donors (Lipinski definition) is 1. The van der Waals surface area contributed by atoms with Crippen LogP contribution in [0.25, 0.3) is 6.08 Å². The largest absolute Gasteiger partial charge is 0.493 e. The van der Waals surface area contributed by atoms with Gasteiger partial charge in [0.1, 0.15) is 0 Å². The smallest absolute Gasteiger partial charge is 0.330 e. The van der Waals surface area contributed by atoms with E-state index in [0.29, 0.717) is 18.3 Å². The Kier molecular flexibility index (Phi) is 13.7. The molecule has 1 aromatic rings. The number of carbonyl (C=O) groups excluding carboxylic acids is 1. The molecule has 1 N–H and O–H groups in total. The first-order valence-corrected chi connectivity index (χ1v) is 12.9. The van der Waals surface area contributed by atoms with Crippen LogP contribution in [0.15, 0.2) is 24.3 Å². The second kappa shape index (κ2) is 16.6. The summed E-state index contributed by atoms with van der Waals surface area (Å²) in [4.78, 5) is 11.9. The Morgan fingerprint density at radius 1 is 1.00 bits per heavy atom. The Morgan fingerprint density at radius 2 is 1.76 bits per heavy atom. The summed E-state index contributed by atoms with van der Waals surface area (Å²) >= 11 is 0. The van der Waals surface area contributed by atoms with Crippen LogP contribution in [-0.4, -0.2) is 38.0 Å². The molecule has 0 atom stereocenters. The summed E-state index contributed by atoms with van der Waals surface area (Å²) < 4.78 is 16.9. The Morgan fingerprint density at radius 3 is 2.48 bits per heavy atom. The monoisotopic (exact) mass is 460 g/mol. The van der Waals surface area contributed by atoms with E-state index in [2.05, 4.69) is 6.92 Å². The van der Waals surface area contributed by atoms with E-state index < -0.39 is 0 Å². The topological polar surface area (TPSA) is 65.0 Å². The summed E-state index contributed by atoms with van der Waals surface area (Å²) in [6.45, 7) is 3.63. The van der Waals surface area contributed by atoms with Crippen LogP contribution >= 0.6 is 0 Å². The third-order valence-electron chi connectivity index (χ3n) is 6.55. The molecule has 0 aliphatic heterocycles. The molecule has 0 aromatic heterocycles. The van der Waals surface area contributed by atoms with Gasteiger partial charge in [-0.25, -0.2) is 4.79 Å². The average Bonchev–Trinajstić information content (AvgIpc) is 2.84. The highest BCUT2D eigenvalue weighted by Gasteiger charge is 2.21. The molecule has 0 saturated heterocycles. The molecule has 1 aromatic carbocycles. The van der Waals surface area contributed by atoms with Crippen molar-refractivity contribution in [1.82, 2.24) is 0 Å². The van der Waals surface area contributed by atoms with Crippen LogP contribution < -0.4 is 9.47 Å². The zero-order valence-electron chi connectivity index (χ0n) is 20.7. The maximum absolute atomic E-state index is 11.9. The molecule has 5 nitrogen and oxygen atoms in total. The van der Waals surface area contributed by atoms with Crippen molar-refractivity contribution in [3.63, 3.8) is 0 Å². The highest BCUT2D eigenvalue weighted by Crippen LogP contribution is 2.34. The second-order valence-corrected chi connectivity index (χ2v) is 9.24. The Bertz CT molecular complexity index is 692. The predicted octanol–water partition coefficient (Wildman–Crippen LogP) is 6.57.